The van der Waals surface area contributed by atoms with Gasteiger partial charge in [-0.25, -0.2) is 0 Å². The van der Waals surface area contributed by atoms with E-state index in [0.717, 1.165) is 0 Å². The number of rotatable bonds is 4. The van der Waals surface area contributed by atoms with E-state index < -0.39 is 0 Å². The summed E-state index contributed by atoms with van der Waals surface area (Å²) in [4.78, 5) is 6.26. The summed E-state index contributed by atoms with van der Waals surface area (Å²) in [7, 11) is 2.21. The van der Waals surface area contributed by atoms with Crippen LogP contribution in [-0.4, -0.2) is 42.1 Å². The van der Waals surface area contributed by atoms with E-state index in [4.69, 9.17) is 0 Å². The van der Waals surface area contributed by atoms with E-state index in [1.807, 2.05) is 17.8 Å². The van der Waals surface area contributed by atoms with Crippen molar-refractivity contribution in [2.45, 2.75) is 29.2 Å². The van der Waals surface area contributed by atoms with Crippen LogP contribution in [-0.2, 0) is 0 Å². The van der Waals surface area contributed by atoms with Gasteiger partial charge in [0.1, 0.15) is 0 Å². The van der Waals surface area contributed by atoms with E-state index >= 15 is 0 Å². The quantitative estimate of drug-likeness (QED) is 0.898. The third-order valence-corrected chi connectivity index (χ3v) is 6.98. The lowest BCUT2D eigenvalue weighted by molar-refractivity contribution is 0.204. The molecule has 2 aliphatic heterocycles. The van der Waals surface area contributed by atoms with Crippen molar-refractivity contribution in [3.63, 3.8) is 0 Å². The standard InChI is InChI=1S/C21H26N2OS/c1-22-13-11-17(12-14-22)21-23(18-9-5-6-10-20(18)25-21)19(15-24)16-7-3-2-4-8-16/h2-10,17,19,21,24H,11-15H2,1H3/t19?,21-/m1/s1. The predicted molar refractivity (Wildman–Crippen MR) is 105 cm³/mol. The first-order valence-corrected chi connectivity index (χ1v) is 10.0. The summed E-state index contributed by atoms with van der Waals surface area (Å²) in [6, 6.07) is 19.1. The van der Waals surface area contributed by atoms with Gasteiger partial charge in [-0.2, -0.15) is 0 Å². The Balaban J connectivity index is 1.69. The molecule has 2 aromatic carbocycles. The molecular formula is C21H26N2OS. The van der Waals surface area contributed by atoms with Crippen LogP contribution in [0.1, 0.15) is 24.4 Å². The van der Waals surface area contributed by atoms with Crippen LogP contribution in [0.15, 0.2) is 59.5 Å². The Hall–Kier alpha value is -1.49. The third-order valence-electron chi connectivity index (χ3n) is 5.52. The third kappa shape index (κ3) is 3.31. The Labute approximate surface area is 154 Å². The van der Waals surface area contributed by atoms with E-state index in [-0.39, 0.29) is 12.6 Å². The zero-order chi connectivity index (χ0) is 17.2. The molecular weight excluding hydrogens is 328 g/mol. The monoisotopic (exact) mass is 354 g/mol. The number of hydrogen-bond donors (Lipinski definition) is 1. The maximum absolute atomic E-state index is 10.3. The van der Waals surface area contributed by atoms with Crippen molar-refractivity contribution < 1.29 is 5.11 Å². The van der Waals surface area contributed by atoms with Crippen LogP contribution in [0.2, 0.25) is 0 Å². The molecule has 1 unspecified atom stereocenters. The number of fused-ring (bicyclic) bond motifs is 1. The number of para-hydroxylation sites is 1. The molecule has 25 heavy (non-hydrogen) atoms. The molecule has 0 bridgehead atoms. The van der Waals surface area contributed by atoms with Crippen LogP contribution >= 0.6 is 11.8 Å². The van der Waals surface area contributed by atoms with E-state index in [0.29, 0.717) is 11.3 Å². The van der Waals surface area contributed by atoms with Crippen LogP contribution in [0.3, 0.4) is 0 Å². The number of nitrogens with zero attached hydrogens (tertiary/aromatic N) is 2. The zero-order valence-electron chi connectivity index (χ0n) is 14.7. The van der Waals surface area contributed by atoms with E-state index in [1.165, 1.54) is 42.1 Å². The highest BCUT2D eigenvalue weighted by atomic mass is 32.2. The fourth-order valence-electron chi connectivity index (χ4n) is 4.11. The minimum absolute atomic E-state index is 0.0157. The second-order valence-electron chi connectivity index (χ2n) is 7.13. The van der Waals surface area contributed by atoms with Gasteiger partial charge in [0.25, 0.3) is 0 Å². The van der Waals surface area contributed by atoms with Gasteiger partial charge in [0, 0.05) is 4.90 Å². The Morgan fingerprint density at radius 1 is 1.04 bits per heavy atom. The van der Waals surface area contributed by atoms with Crippen molar-refractivity contribution in [2.24, 2.45) is 5.92 Å². The molecule has 1 saturated heterocycles. The Morgan fingerprint density at radius 3 is 2.44 bits per heavy atom. The van der Waals surface area contributed by atoms with Crippen LogP contribution in [0, 0.1) is 5.92 Å². The van der Waals surface area contributed by atoms with Gasteiger partial charge in [0.2, 0.25) is 0 Å². The smallest absolute Gasteiger partial charge is 0.0834 e. The van der Waals surface area contributed by atoms with Crippen molar-refractivity contribution in [2.75, 3.05) is 31.6 Å². The van der Waals surface area contributed by atoms with Gasteiger partial charge in [-0.15, -0.1) is 0 Å². The van der Waals surface area contributed by atoms with Crippen LogP contribution in [0.25, 0.3) is 0 Å². The van der Waals surface area contributed by atoms with Gasteiger partial charge < -0.3 is 14.9 Å². The molecule has 0 saturated carbocycles. The lowest BCUT2D eigenvalue weighted by Gasteiger charge is -2.40. The molecule has 3 nitrogen and oxygen atoms in total. The summed E-state index contributed by atoms with van der Waals surface area (Å²) >= 11 is 1.99. The van der Waals surface area contributed by atoms with Gasteiger partial charge in [-0.05, 0) is 56.6 Å². The summed E-state index contributed by atoms with van der Waals surface area (Å²) in [5.74, 6) is 0.659. The fraction of sp³-hybridized carbons (Fsp3) is 0.429. The normalized spacial score (nSPS) is 22.8. The molecule has 0 amide bonds. The molecule has 0 aliphatic carbocycles. The van der Waals surface area contributed by atoms with Crippen molar-refractivity contribution in [1.82, 2.24) is 4.90 Å². The van der Waals surface area contributed by atoms with E-state index in [1.54, 1.807) is 0 Å². The molecule has 1 N–H and O–H groups in total. The number of thioether (sulfide) groups is 1. The van der Waals surface area contributed by atoms with Crippen LogP contribution < -0.4 is 4.90 Å². The number of aliphatic hydroxyl groups is 1. The lowest BCUT2D eigenvalue weighted by Crippen LogP contribution is -2.43. The summed E-state index contributed by atoms with van der Waals surface area (Å²) < 4.78 is 0. The molecule has 0 spiro atoms. The molecule has 4 heteroatoms. The van der Waals surface area contributed by atoms with Crippen molar-refractivity contribution >= 4 is 17.4 Å². The number of aliphatic hydroxyl groups excluding tert-OH is 1. The molecule has 4 rings (SSSR count). The minimum atomic E-state index is 0.0157. The van der Waals surface area contributed by atoms with E-state index in [2.05, 4.69) is 65.4 Å². The van der Waals surface area contributed by atoms with Crippen molar-refractivity contribution in [3.8, 4) is 0 Å². The second-order valence-corrected chi connectivity index (χ2v) is 8.29. The van der Waals surface area contributed by atoms with Crippen molar-refractivity contribution in [1.29, 1.82) is 0 Å². The molecule has 2 heterocycles. The van der Waals surface area contributed by atoms with E-state index in [9.17, 15) is 5.11 Å². The lowest BCUT2D eigenvalue weighted by atomic mass is 9.94. The number of likely N-dealkylation sites (tertiary alicyclic amines) is 1. The summed E-state index contributed by atoms with van der Waals surface area (Å²) in [5, 5.41) is 10.7. The Bertz CT molecular complexity index is 700. The highest BCUT2D eigenvalue weighted by Crippen LogP contribution is 2.51. The number of hydrogen-bond acceptors (Lipinski definition) is 4. The summed E-state index contributed by atoms with van der Waals surface area (Å²) in [6.45, 7) is 2.48. The topological polar surface area (TPSA) is 26.7 Å². The molecule has 2 atom stereocenters. The van der Waals surface area contributed by atoms with Crippen LogP contribution in [0.4, 0.5) is 5.69 Å². The van der Waals surface area contributed by atoms with Crippen molar-refractivity contribution in [3.05, 3.63) is 60.2 Å². The maximum atomic E-state index is 10.3. The second kappa shape index (κ2) is 7.40. The predicted octanol–water partition coefficient (Wildman–Crippen LogP) is 4.00. The van der Waals surface area contributed by atoms with Gasteiger partial charge in [0.15, 0.2) is 0 Å². The first kappa shape index (κ1) is 17.0. The molecule has 132 valence electrons. The zero-order valence-corrected chi connectivity index (χ0v) is 15.5. The highest BCUT2D eigenvalue weighted by Gasteiger charge is 2.40. The summed E-state index contributed by atoms with van der Waals surface area (Å²) in [5.41, 5.74) is 2.47. The largest absolute Gasteiger partial charge is 0.394 e. The highest BCUT2D eigenvalue weighted by molar-refractivity contribution is 8.00. The molecule has 2 aromatic rings. The number of benzene rings is 2. The number of anilines is 1. The fourth-order valence-corrected chi connectivity index (χ4v) is 5.66. The number of piperidine rings is 1. The average molecular weight is 355 g/mol. The molecule has 0 radical (unpaired) electrons. The van der Waals surface area contributed by atoms with Gasteiger partial charge >= 0.3 is 0 Å². The van der Waals surface area contributed by atoms with Gasteiger partial charge in [0.05, 0.1) is 23.7 Å². The first-order chi connectivity index (χ1) is 12.3. The van der Waals surface area contributed by atoms with Gasteiger partial charge in [-0.1, -0.05) is 54.2 Å². The molecule has 1 fully saturated rings. The molecule has 2 aliphatic rings. The Kier molecular flexibility index (Phi) is 5.02. The summed E-state index contributed by atoms with van der Waals surface area (Å²) in [6.07, 6.45) is 2.46. The Morgan fingerprint density at radius 2 is 1.72 bits per heavy atom. The van der Waals surface area contributed by atoms with Gasteiger partial charge in [-0.3, -0.25) is 0 Å². The van der Waals surface area contributed by atoms with Crippen LogP contribution in [0.5, 0.6) is 0 Å². The molecule has 0 aromatic heterocycles. The minimum Gasteiger partial charge on any atom is -0.394 e. The first-order valence-electron chi connectivity index (χ1n) is 9.16. The SMILES string of the molecule is CN1CCC([C@H]2Sc3ccccc3N2C(CO)c2ccccc2)CC1. The maximum Gasteiger partial charge on any atom is 0.0834 e. The average Bonchev–Trinajstić information content (AvgIpc) is 3.04.